The average molecular weight is 434 g/mol. The molecule has 3 aliphatic heterocycles. The summed E-state index contributed by atoms with van der Waals surface area (Å²) in [5.74, 6) is -0.203. The third-order valence-corrected chi connectivity index (χ3v) is 6.50. The van der Waals surface area contributed by atoms with Gasteiger partial charge in [0.25, 0.3) is 5.91 Å². The minimum Gasteiger partial charge on any atom is -0.482 e. The van der Waals surface area contributed by atoms with Crippen LogP contribution in [0.25, 0.3) is 11.1 Å². The van der Waals surface area contributed by atoms with Crippen LogP contribution in [-0.2, 0) is 16.0 Å². The summed E-state index contributed by atoms with van der Waals surface area (Å²) in [7, 11) is 0. The summed E-state index contributed by atoms with van der Waals surface area (Å²) in [6.07, 6.45) is 8.50. The van der Waals surface area contributed by atoms with Crippen LogP contribution in [0.4, 0.5) is 10.1 Å². The molecule has 0 aliphatic carbocycles. The number of anilines is 1. The summed E-state index contributed by atoms with van der Waals surface area (Å²) in [6, 6.07) is 8.44. The first-order valence-corrected chi connectivity index (χ1v) is 11.4. The van der Waals surface area contributed by atoms with Gasteiger partial charge in [-0.1, -0.05) is 6.07 Å². The monoisotopic (exact) mass is 433 g/mol. The van der Waals surface area contributed by atoms with E-state index in [4.69, 9.17) is 4.74 Å². The van der Waals surface area contributed by atoms with Crippen molar-refractivity contribution in [3.8, 4) is 0 Å². The predicted molar refractivity (Wildman–Crippen MR) is 123 cm³/mol. The fourth-order valence-electron chi connectivity index (χ4n) is 4.82. The number of aryl methyl sites for hydroxylation is 1. The molecule has 1 N–H and O–H groups in total. The van der Waals surface area contributed by atoms with Crippen molar-refractivity contribution in [2.75, 3.05) is 25.0 Å². The number of fused-ring (bicyclic) bond motifs is 1. The number of hydrogen-bond acceptors (Lipinski definition) is 4. The molecule has 0 unspecified atom stereocenters. The molecule has 1 saturated heterocycles. The molecular formula is C26H28FN3O2. The number of hydrogen-bond donors (Lipinski definition) is 1. The molecule has 0 saturated carbocycles. The summed E-state index contributed by atoms with van der Waals surface area (Å²) >= 11 is 0. The van der Waals surface area contributed by atoms with E-state index in [1.54, 1.807) is 6.07 Å². The molecule has 1 aromatic carbocycles. The minimum absolute atomic E-state index is 0.277. The van der Waals surface area contributed by atoms with E-state index in [0.717, 1.165) is 36.2 Å². The first-order valence-electron chi connectivity index (χ1n) is 11.4. The van der Waals surface area contributed by atoms with Gasteiger partial charge in [0.05, 0.1) is 5.57 Å². The van der Waals surface area contributed by atoms with E-state index in [9.17, 15) is 9.18 Å². The standard InChI is InChI=1S/C26H28FN3O2/c1-26(2)21(17-7-9-19(28-16-17)6-5-13-30-11-3-4-12-30)15-23(32-26)24-20-14-18(27)8-10-22(20)29-25(24)31/h7-10,14-16H,3-6,11-13H2,1-2H3,(H,29,31)/b24-23+. The quantitative estimate of drug-likeness (QED) is 0.688. The van der Waals surface area contributed by atoms with E-state index in [1.807, 2.05) is 26.1 Å². The normalized spacial score (nSPS) is 22.0. The molecule has 1 amide bonds. The Morgan fingerprint density at radius 2 is 2.00 bits per heavy atom. The number of rotatable bonds is 5. The maximum absolute atomic E-state index is 13.8. The second-order valence-electron chi connectivity index (χ2n) is 9.24. The number of benzene rings is 1. The summed E-state index contributed by atoms with van der Waals surface area (Å²) in [5.41, 5.74) is 3.88. The number of pyridine rings is 1. The molecular weight excluding hydrogens is 405 g/mol. The van der Waals surface area contributed by atoms with Crippen molar-refractivity contribution in [3.05, 3.63) is 71.0 Å². The maximum atomic E-state index is 13.8. The van der Waals surface area contributed by atoms with Crippen molar-refractivity contribution in [3.63, 3.8) is 0 Å². The Balaban J connectivity index is 1.38. The molecule has 4 heterocycles. The largest absolute Gasteiger partial charge is 0.482 e. The molecule has 0 radical (unpaired) electrons. The number of likely N-dealkylation sites (tertiary alicyclic amines) is 1. The second-order valence-corrected chi connectivity index (χ2v) is 9.24. The molecule has 1 aromatic heterocycles. The molecule has 6 heteroatoms. The highest BCUT2D eigenvalue weighted by Gasteiger charge is 2.38. The molecule has 0 spiro atoms. The Hall–Kier alpha value is -2.99. The number of allylic oxidation sites excluding steroid dienone is 1. The van der Waals surface area contributed by atoms with E-state index >= 15 is 0 Å². The van der Waals surface area contributed by atoms with Gasteiger partial charge in [-0.3, -0.25) is 9.78 Å². The topological polar surface area (TPSA) is 54.5 Å². The Labute approximate surface area is 188 Å². The predicted octanol–water partition coefficient (Wildman–Crippen LogP) is 4.80. The van der Waals surface area contributed by atoms with Crippen LogP contribution in [0.3, 0.4) is 0 Å². The van der Waals surface area contributed by atoms with Crippen LogP contribution in [0.15, 0.2) is 48.4 Å². The number of ether oxygens (including phenoxy) is 1. The summed E-state index contributed by atoms with van der Waals surface area (Å²) in [6.45, 7) is 7.52. The van der Waals surface area contributed by atoms with Gasteiger partial charge in [0.15, 0.2) is 0 Å². The van der Waals surface area contributed by atoms with Crippen LogP contribution in [-0.4, -0.2) is 41.0 Å². The van der Waals surface area contributed by atoms with E-state index < -0.39 is 5.60 Å². The average Bonchev–Trinajstić information content (AvgIpc) is 3.45. The second kappa shape index (κ2) is 8.17. The van der Waals surface area contributed by atoms with Crippen LogP contribution >= 0.6 is 0 Å². The van der Waals surface area contributed by atoms with E-state index in [2.05, 4.69) is 27.3 Å². The van der Waals surface area contributed by atoms with Crippen molar-refractivity contribution in [2.24, 2.45) is 0 Å². The number of carbonyl (C=O) groups excluding carboxylic acids is 1. The molecule has 0 atom stereocenters. The van der Waals surface area contributed by atoms with Gasteiger partial charge in [-0.2, -0.15) is 0 Å². The Morgan fingerprint density at radius 1 is 1.19 bits per heavy atom. The summed E-state index contributed by atoms with van der Waals surface area (Å²) < 4.78 is 20.0. The third-order valence-electron chi connectivity index (χ3n) is 6.50. The van der Waals surface area contributed by atoms with Crippen LogP contribution < -0.4 is 5.32 Å². The lowest BCUT2D eigenvalue weighted by atomic mass is 9.93. The van der Waals surface area contributed by atoms with Crippen molar-refractivity contribution in [1.82, 2.24) is 9.88 Å². The molecule has 0 bridgehead atoms. The van der Waals surface area contributed by atoms with Gasteiger partial charge < -0.3 is 15.0 Å². The first-order chi connectivity index (χ1) is 15.4. The SMILES string of the molecule is CC1(C)O/C(=C2/C(=O)Nc3ccc(F)cc32)C=C1c1ccc(CCCN2CCCC2)nc1. The van der Waals surface area contributed by atoms with Crippen molar-refractivity contribution in [2.45, 2.75) is 45.1 Å². The molecule has 1 fully saturated rings. The lowest BCUT2D eigenvalue weighted by Gasteiger charge is -2.23. The zero-order valence-corrected chi connectivity index (χ0v) is 18.6. The Kier molecular flexibility index (Phi) is 5.33. The van der Waals surface area contributed by atoms with Gasteiger partial charge in [-0.15, -0.1) is 0 Å². The van der Waals surface area contributed by atoms with Gasteiger partial charge in [-0.25, -0.2) is 4.39 Å². The van der Waals surface area contributed by atoms with E-state index in [1.165, 1.54) is 38.1 Å². The number of nitrogens with one attached hydrogen (secondary N) is 1. The van der Waals surface area contributed by atoms with Crippen LogP contribution in [0, 0.1) is 5.82 Å². The zero-order chi connectivity index (χ0) is 22.3. The summed E-state index contributed by atoms with van der Waals surface area (Å²) in [4.78, 5) is 19.8. The fourth-order valence-corrected chi connectivity index (χ4v) is 4.82. The number of amides is 1. The number of halogens is 1. The van der Waals surface area contributed by atoms with E-state index in [0.29, 0.717) is 22.6 Å². The highest BCUT2D eigenvalue weighted by Crippen LogP contribution is 2.44. The van der Waals surface area contributed by atoms with Crippen LogP contribution in [0.5, 0.6) is 0 Å². The van der Waals surface area contributed by atoms with Gasteiger partial charge >= 0.3 is 0 Å². The fraction of sp³-hybridized carbons (Fsp3) is 0.385. The molecule has 32 heavy (non-hydrogen) atoms. The Bertz CT molecular complexity index is 1110. The van der Waals surface area contributed by atoms with Gasteiger partial charge in [0.1, 0.15) is 17.2 Å². The van der Waals surface area contributed by atoms with Gasteiger partial charge in [0.2, 0.25) is 0 Å². The van der Waals surface area contributed by atoms with Crippen LogP contribution in [0.2, 0.25) is 0 Å². The lowest BCUT2D eigenvalue weighted by molar-refractivity contribution is -0.111. The highest BCUT2D eigenvalue weighted by molar-refractivity contribution is 6.32. The third kappa shape index (κ3) is 3.95. The Morgan fingerprint density at radius 3 is 2.75 bits per heavy atom. The van der Waals surface area contributed by atoms with Gasteiger partial charge in [-0.05, 0) is 89.5 Å². The molecule has 5 nitrogen and oxygen atoms in total. The van der Waals surface area contributed by atoms with E-state index in [-0.39, 0.29) is 11.7 Å². The number of nitrogens with zero attached hydrogens (tertiary/aromatic N) is 2. The number of carbonyl (C=O) groups is 1. The first kappa shape index (κ1) is 20.9. The zero-order valence-electron chi connectivity index (χ0n) is 18.6. The molecule has 2 aromatic rings. The van der Waals surface area contributed by atoms with Crippen molar-refractivity contribution < 1.29 is 13.9 Å². The molecule has 3 aliphatic rings. The maximum Gasteiger partial charge on any atom is 0.260 e. The molecule has 5 rings (SSSR count). The van der Waals surface area contributed by atoms with Crippen molar-refractivity contribution in [1.29, 1.82) is 0 Å². The van der Waals surface area contributed by atoms with Crippen molar-refractivity contribution >= 4 is 22.7 Å². The lowest BCUT2D eigenvalue weighted by Crippen LogP contribution is -2.21. The smallest absolute Gasteiger partial charge is 0.260 e. The number of aromatic nitrogens is 1. The molecule has 166 valence electrons. The summed E-state index contributed by atoms with van der Waals surface area (Å²) in [5, 5.41) is 2.79. The highest BCUT2D eigenvalue weighted by atomic mass is 19.1. The van der Waals surface area contributed by atoms with Crippen LogP contribution in [0.1, 0.15) is 49.9 Å². The van der Waals surface area contributed by atoms with Gasteiger partial charge in [0, 0.05) is 34.3 Å². The minimum atomic E-state index is -0.627.